The molecule has 0 aliphatic carbocycles. The molecule has 0 spiro atoms. The molecule has 0 bridgehead atoms. The quantitative estimate of drug-likeness (QED) is 0.493. The number of benzene rings is 2. The lowest BCUT2D eigenvalue weighted by molar-refractivity contribution is -0.127. The van der Waals surface area contributed by atoms with Gasteiger partial charge >= 0.3 is 4.87 Å². The number of hydrogen-bond donors (Lipinski definition) is 0. The molecule has 174 valence electrons. The lowest BCUT2D eigenvalue weighted by atomic mass is 10.2. The maximum absolute atomic E-state index is 13.2. The molecule has 4 rings (SSSR count). The van der Waals surface area contributed by atoms with Crippen LogP contribution in [0.5, 0.6) is 0 Å². The Morgan fingerprint density at radius 2 is 1.82 bits per heavy atom. The van der Waals surface area contributed by atoms with Crippen LogP contribution in [0.4, 0.5) is 0 Å². The van der Waals surface area contributed by atoms with Gasteiger partial charge in [-0.05, 0) is 55.8 Å². The van der Waals surface area contributed by atoms with Crippen LogP contribution >= 0.6 is 22.9 Å². The van der Waals surface area contributed by atoms with E-state index in [0.29, 0.717) is 22.8 Å². The number of piperazine rings is 1. The number of rotatable bonds is 5. The molecule has 33 heavy (non-hydrogen) atoms. The van der Waals surface area contributed by atoms with Crippen LogP contribution in [0, 0.1) is 0 Å². The Labute approximate surface area is 201 Å². The number of hydrogen-bond acceptors (Lipinski definition) is 5. The van der Waals surface area contributed by atoms with Crippen LogP contribution in [0.2, 0.25) is 5.02 Å². The fourth-order valence-electron chi connectivity index (χ4n) is 3.85. The summed E-state index contributed by atoms with van der Waals surface area (Å²) in [6.45, 7) is 4.86. The number of thiazole rings is 1. The summed E-state index contributed by atoms with van der Waals surface area (Å²) in [5, 5.41) is 0.592. The molecule has 1 amide bonds. The van der Waals surface area contributed by atoms with E-state index < -0.39 is 10.0 Å². The van der Waals surface area contributed by atoms with Crippen molar-refractivity contribution in [2.45, 2.75) is 24.8 Å². The van der Waals surface area contributed by atoms with Crippen molar-refractivity contribution in [1.29, 1.82) is 0 Å². The first-order valence-electron chi connectivity index (χ1n) is 10.5. The van der Waals surface area contributed by atoms with Gasteiger partial charge in [0.05, 0.1) is 15.1 Å². The molecule has 0 atom stereocenters. The Morgan fingerprint density at radius 1 is 1.09 bits per heavy atom. The second-order valence-electron chi connectivity index (χ2n) is 8.08. The van der Waals surface area contributed by atoms with Gasteiger partial charge in [-0.15, -0.1) is 0 Å². The van der Waals surface area contributed by atoms with Gasteiger partial charge in [-0.1, -0.05) is 35.1 Å². The van der Waals surface area contributed by atoms with Crippen molar-refractivity contribution in [3.8, 4) is 0 Å². The average molecular weight is 506 g/mol. The third kappa shape index (κ3) is 4.91. The largest absolute Gasteiger partial charge is 0.337 e. The van der Waals surface area contributed by atoms with Gasteiger partial charge in [0.1, 0.15) is 0 Å². The van der Waals surface area contributed by atoms with Gasteiger partial charge in [-0.25, -0.2) is 8.42 Å². The van der Waals surface area contributed by atoms with Crippen LogP contribution in [0.15, 0.2) is 58.2 Å². The van der Waals surface area contributed by atoms with E-state index in [4.69, 9.17) is 11.6 Å². The minimum Gasteiger partial charge on any atom is -0.337 e. The van der Waals surface area contributed by atoms with Crippen LogP contribution in [-0.4, -0.2) is 54.3 Å². The molecule has 1 fully saturated rings. The number of aromatic nitrogens is 1. The smallest absolute Gasteiger partial charge is 0.308 e. The van der Waals surface area contributed by atoms with Gasteiger partial charge in [-0.2, -0.15) is 4.31 Å². The second kappa shape index (κ2) is 9.42. The summed E-state index contributed by atoms with van der Waals surface area (Å²) >= 11 is 7.01. The lowest BCUT2D eigenvalue weighted by Crippen LogP contribution is -2.50. The summed E-state index contributed by atoms with van der Waals surface area (Å²) in [6.07, 6.45) is 3.17. The standard InChI is InChI=1S/C23H24ClN3O4S2/c1-16(2)27-20-8-7-19(15-21(20)32-23(27)29)33(30,31)26-12-10-25(11-13-26)22(28)9-6-17-4-3-5-18(24)14-17/h3-9,14-16H,10-13H2,1-2H3. The first kappa shape index (κ1) is 23.7. The highest BCUT2D eigenvalue weighted by molar-refractivity contribution is 7.89. The fraction of sp³-hybridized carbons (Fsp3) is 0.304. The molecule has 1 aliphatic heterocycles. The van der Waals surface area contributed by atoms with Crippen molar-refractivity contribution in [3.05, 3.63) is 68.8 Å². The number of carbonyl (C=O) groups excluding carboxylic acids is 1. The zero-order chi connectivity index (χ0) is 23.8. The highest BCUT2D eigenvalue weighted by Crippen LogP contribution is 2.26. The topological polar surface area (TPSA) is 79.7 Å². The lowest BCUT2D eigenvalue weighted by Gasteiger charge is -2.33. The highest BCUT2D eigenvalue weighted by atomic mass is 35.5. The Bertz CT molecular complexity index is 1380. The summed E-state index contributed by atoms with van der Waals surface area (Å²) in [5.74, 6) is -0.173. The molecular formula is C23H24ClN3O4S2. The van der Waals surface area contributed by atoms with Crippen molar-refractivity contribution < 1.29 is 13.2 Å². The predicted molar refractivity (Wildman–Crippen MR) is 132 cm³/mol. The third-order valence-electron chi connectivity index (χ3n) is 5.56. The second-order valence-corrected chi connectivity index (χ2v) is 11.4. The van der Waals surface area contributed by atoms with Crippen molar-refractivity contribution in [2.75, 3.05) is 26.2 Å². The van der Waals surface area contributed by atoms with E-state index in [9.17, 15) is 18.0 Å². The third-order valence-corrected chi connectivity index (χ3v) is 8.60. The van der Waals surface area contributed by atoms with Crippen LogP contribution in [-0.2, 0) is 14.8 Å². The van der Waals surface area contributed by atoms with E-state index in [0.717, 1.165) is 22.4 Å². The Morgan fingerprint density at radius 3 is 2.48 bits per heavy atom. The molecule has 3 aromatic rings. The number of halogens is 1. The van der Waals surface area contributed by atoms with E-state index in [2.05, 4.69) is 0 Å². The maximum Gasteiger partial charge on any atom is 0.308 e. The van der Waals surface area contributed by atoms with Crippen molar-refractivity contribution in [1.82, 2.24) is 13.8 Å². The summed E-state index contributed by atoms with van der Waals surface area (Å²) in [7, 11) is -3.73. The average Bonchev–Trinajstić information content (AvgIpc) is 3.12. The van der Waals surface area contributed by atoms with E-state index >= 15 is 0 Å². The molecule has 0 N–H and O–H groups in total. The predicted octanol–water partition coefficient (Wildman–Crippen LogP) is 3.84. The molecule has 1 saturated heterocycles. The minimum atomic E-state index is -3.73. The van der Waals surface area contributed by atoms with Gasteiger partial charge < -0.3 is 4.90 Å². The SMILES string of the molecule is CC(C)n1c(=O)sc2cc(S(=O)(=O)N3CCN(C(=O)C=Cc4cccc(Cl)c4)CC3)ccc21. The summed E-state index contributed by atoms with van der Waals surface area (Å²) in [5.41, 5.74) is 1.56. The van der Waals surface area contributed by atoms with Crippen LogP contribution in [0.25, 0.3) is 16.3 Å². The maximum atomic E-state index is 13.2. The Balaban J connectivity index is 1.45. The molecule has 10 heteroatoms. The Hall–Kier alpha value is -2.46. The molecule has 1 aliphatic rings. The minimum absolute atomic E-state index is 0.00718. The number of fused-ring (bicyclic) bond motifs is 1. The van der Waals surface area contributed by atoms with Crippen LogP contribution in [0.3, 0.4) is 0 Å². The van der Waals surface area contributed by atoms with Crippen LogP contribution in [0.1, 0.15) is 25.5 Å². The van der Waals surface area contributed by atoms with E-state index in [-0.39, 0.29) is 34.8 Å². The molecule has 2 heterocycles. The highest BCUT2D eigenvalue weighted by Gasteiger charge is 2.30. The molecule has 2 aromatic carbocycles. The number of amides is 1. The molecule has 0 radical (unpaired) electrons. The molecule has 1 aromatic heterocycles. The van der Waals surface area contributed by atoms with Gasteiger partial charge in [-0.3, -0.25) is 14.2 Å². The first-order valence-corrected chi connectivity index (χ1v) is 13.2. The zero-order valence-electron chi connectivity index (χ0n) is 18.3. The number of nitrogens with zero attached hydrogens (tertiary/aromatic N) is 3. The van der Waals surface area contributed by atoms with Gasteiger partial charge in [0.15, 0.2) is 0 Å². The van der Waals surface area contributed by atoms with Crippen molar-refractivity contribution in [3.63, 3.8) is 0 Å². The van der Waals surface area contributed by atoms with E-state index in [1.807, 2.05) is 26.0 Å². The van der Waals surface area contributed by atoms with Gasteiger partial charge in [0, 0.05) is 43.3 Å². The van der Waals surface area contributed by atoms with Gasteiger partial charge in [0.2, 0.25) is 15.9 Å². The molecule has 0 unspecified atom stereocenters. The van der Waals surface area contributed by atoms with Crippen LogP contribution < -0.4 is 4.87 Å². The molecule has 0 saturated carbocycles. The summed E-state index contributed by atoms with van der Waals surface area (Å²) in [6, 6.07) is 12.0. The number of sulfonamides is 1. The van der Waals surface area contributed by atoms with E-state index in [1.54, 1.807) is 45.9 Å². The molecular weight excluding hydrogens is 482 g/mol. The van der Waals surface area contributed by atoms with Crippen molar-refractivity contribution >= 4 is 55.2 Å². The first-order chi connectivity index (χ1) is 15.7. The monoisotopic (exact) mass is 505 g/mol. The van der Waals surface area contributed by atoms with E-state index in [1.165, 1.54) is 10.4 Å². The zero-order valence-corrected chi connectivity index (χ0v) is 20.7. The molecule has 7 nitrogen and oxygen atoms in total. The fourth-order valence-corrected chi connectivity index (χ4v) is 6.62. The van der Waals surface area contributed by atoms with Gasteiger partial charge in [0.25, 0.3) is 0 Å². The number of carbonyl (C=O) groups is 1. The summed E-state index contributed by atoms with van der Waals surface area (Å²) < 4.78 is 30.1. The summed E-state index contributed by atoms with van der Waals surface area (Å²) in [4.78, 5) is 26.5. The normalized spacial score (nSPS) is 15.7. The van der Waals surface area contributed by atoms with Crippen molar-refractivity contribution in [2.24, 2.45) is 0 Å². The Kier molecular flexibility index (Phi) is 6.76.